The number of hydrogen-bond donors (Lipinski definition) is 0. The van der Waals surface area contributed by atoms with E-state index >= 15 is 0 Å². The fraction of sp³-hybridized carbons (Fsp3) is 0. The highest BCUT2D eigenvalue weighted by Gasteiger charge is 2.30. The second-order valence-electron chi connectivity index (χ2n) is 5.61. The van der Waals surface area contributed by atoms with Gasteiger partial charge in [-0.2, -0.15) is 0 Å². The molecule has 3 rings (SSSR count). The van der Waals surface area contributed by atoms with E-state index in [-0.39, 0.29) is 0 Å². The molecule has 1 radical (unpaired) electrons. The van der Waals surface area contributed by atoms with Gasteiger partial charge in [0.1, 0.15) is 0 Å². The van der Waals surface area contributed by atoms with Gasteiger partial charge in [0.2, 0.25) is 0 Å². The highest BCUT2D eigenvalue weighted by molar-refractivity contribution is 14.1. The summed E-state index contributed by atoms with van der Waals surface area (Å²) < 4.78 is 11.6. The topological polar surface area (TPSA) is 0 Å². The first kappa shape index (κ1) is 26.8. The minimum atomic E-state index is 1.27. The van der Waals surface area contributed by atoms with Gasteiger partial charge >= 0.3 is 0 Å². The van der Waals surface area contributed by atoms with E-state index in [1.54, 1.807) is 0 Å². The lowest BCUT2D eigenvalue weighted by molar-refractivity contribution is 1.15. The SMILES string of the molecule is Ic1cc(I)c([C](c2c(I)cc(I)cc2I)c2c(I)cc(I)cc2I)c(I)c1. The maximum atomic E-state index is 2.50. The molecule has 0 saturated carbocycles. The third-order valence-electron chi connectivity index (χ3n) is 3.77. The van der Waals surface area contributed by atoms with Crippen molar-refractivity contribution in [2.45, 2.75) is 0 Å². The minimum absolute atomic E-state index is 1.27. The lowest BCUT2D eigenvalue weighted by Crippen LogP contribution is -2.15. The van der Waals surface area contributed by atoms with Gasteiger partial charge in [-0.25, -0.2) is 0 Å². The normalized spacial score (nSPS) is 11.4. The van der Waals surface area contributed by atoms with E-state index in [1.807, 2.05) is 0 Å². The lowest BCUT2D eigenvalue weighted by atomic mass is 9.85. The number of benzene rings is 3. The van der Waals surface area contributed by atoms with Gasteiger partial charge in [0.25, 0.3) is 0 Å². The average molecular weight is 1380 g/mol. The summed E-state index contributed by atoms with van der Waals surface area (Å²) in [6.45, 7) is 0. The molecule has 0 unspecified atom stereocenters. The maximum absolute atomic E-state index is 2.50. The Kier molecular flexibility index (Phi) is 11.3. The Morgan fingerprint density at radius 3 is 0.714 bits per heavy atom. The van der Waals surface area contributed by atoms with Crippen molar-refractivity contribution in [2.75, 3.05) is 0 Å². The summed E-state index contributed by atoms with van der Waals surface area (Å²) in [6, 6.07) is 13.7. The van der Waals surface area contributed by atoms with Crippen LogP contribution in [-0.2, 0) is 0 Å². The second-order valence-corrected chi connectivity index (χ2v) is 16.3. The van der Waals surface area contributed by atoms with E-state index in [9.17, 15) is 0 Å². The zero-order valence-corrected chi connectivity index (χ0v) is 32.8. The standard InChI is InChI=1S/C19H6I9/c20-7-1-10(23)16(11(24)2-7)19(17-12(25)3-8(21)4-13(17)26)18-14(27)5-9(22)6-15(18)28/h1-6H. The number of halogens is 9. The van der Waals surface area contributed by atoms with Crippen molar-refractivity contribution in [3.63, 3.8) is 0 Å². The fourth-order valence-corrected chi connectivity index (χ4v) is 15.1. The minimum Gasteiger partial charge on any atom is -0.0442 e. The van der Waals surface area contributed by atoms with Gasteiger partial charge in [-0.3, -0.25) is 0 Å². The Labute approximate surface area is 287 Å². The largest absolute Gasteiger partial charge is 0.0693 e. The summed E-state index contributed by atoms with van der Waals surface area (Å²) in [5.74, 6) is 1.33. The molecule has 0 saturated heterocycles. The molecule has 0 nitrogen and oxygen atoms in total. The number of rotatable bonds is 3. The molecule has 0 spiro atoms. The molecule has 0 bridgehead atoms. The van der Waals surface area contributed by atoms with Gasteiger partial charge in [-0.15, -0.1) is 0 Å². The zero-order chi connectivity index (χ0) is 20.7. The summed E-state index contributed by atoms with van der Waals surface area (Å²) in [6.07, 6.45) is 0. The van der Waals surface area contributed by atoms with Gasteiger partial charge in [0.05, 0.1) is 5.92 Å². The fourth-order valence-electron chi connectivity index (χ4n) is 2.72. The predicted molar refractivity (Wildman–Crippen MR) is 194 cm³/mol. The van der Waals surface area contributed by atoms with Crippen LogP contribution < -0.4 is 0 Å². The molecule has 28 heavy (non-hydrogen) atoms. The van der Waals surface area contributed by atoms with Crippen molar-refractivity contribution in [2.24, 2.45) is 0 Å². The van der Waals surface area contributed by atoms with Crippen molar-refractivity contribution in [1.29, 1.82) is 0 Å². The van der Waals surface area contributed by atoms with Crippen LogP contribution >= 0.6 is 203 Å². The van der Waals surface area contributed by atoms with E-state index in [1.165, 1.54) is 54.7 Å². The Balaban J connectivity index is 2.45. The maximum Gasteiger partial charge on any atom is 0.0693 e. The summed E-state index contributed by atoms with van der Waals surface area (Å²) in [7, 11) is 0. The van der Waals surface area contributed by atoms with E-state index in [0.29, 0.717) is 0 Å². The molecule has 0 fully saturated rings. The van der Waals surface area contributed by atoms with Gasteiger partial charge in [-0.1, -0.05) is 0 Å². The van der Waals surface area contributed by atoms with Crippen LogP contribution in [0.4, 0.5) is 0 Å². The molecule has 0 aliphatic heterocycles. The van der Waals surface area contributed by atoms with Crippen LogP contribution in [0.2, 0.25) is 0 Å². The summed E-state index contributed by atoms with van der Waals surface area (Å²) in [4.78, 5) is 0. The molecule has 0 amide bonds. The zero-order valence-electron chi connectivity index (χ0n) is 13.4. The molecule has 3 aromatic rings. The molecule has 3 aromatic carbocycles. The van der Waals surface area contributed by atoms with Crippen LogP contribution in [0.25, 0.3) is 0 Å². The van der Waals surface area contributed by atoms with Gasteiger partial charge in [0, 0.05) is 32.1 Å². The molecule has 145 valence electrons. The first-order valence-electron chi connectivity index (χ1n) is 7.41. The van der Waals surface area contributed by atoms with Crippen LogP contribution in [-0.4, -0.2) is 0 Å². The Hall–Kier alpha value is 4.23. The van der Waals surface area contributed by atoms with Crippen LogP contribution in [0.5, 0.6) is 0 Å². The van der Waals surface area contributed by atoms with Crippen LogP contribution in [0.15, 0.2) is 36.4 Å². The highest BCUT2D eigenvalue weighted by atomic mass is 127. The monoisotopic (exact) mass is 1380 g/mol. The first-order chi connectivity index (χ1) is 13.1. The first-order valence-corrected chi connectivity index (χ1v) is 17.1. The quantitative estimate of drug-likeness (QED) is 0.181. The smallest absolute Gasteiger partial charge is 0.0442 e. The predicted octanol–water partition coefficient (Wildman–Crippen LogP) is 10.1. The highest BCUT2D eigenvalue weighted by Crippen LogP contribution is 2.44. The van der Waals surface area contributed by atoms with Crippen molar-refractivity contribution >= 4 is 203 Å². The second kappa shape index (κ2) is 11.8. The molecule has 0 aliphatic carbocycles. The third-order valence-corrected chi connectivity index (χ3v) is 10.7. The molecular formula is C19H6I9. The molecule has 0 heterocycles. The van der Waals surface area contributed by atoms with E-state index in [4.69, 9.17) is 0 Å². The van der Waals surface area contributed by atoms with Crippen LogP contribution in [0.1, 0.15) is 16.7 Å². The van der Waals surface area contributed by atoms with E-state index in [2.05, 4.69) is 240 Å². The van der Waals surface area contributed by atoms with Crippen molar-refractivity contribution < 1.29 is 0 Å². The van der Waals surface area contributed by atoms with Crippen LogP contribution in [0, 0.1) is 38.0 Å². The van der Waals surface area contributed by atoms with Crippen molar-refractivity contribution in [3.05, 3.63) is 91.1 Å². The molecule has 9 heteroatoms. The lowest BCUT2D eigenvalue weighted by Gasteiger charge is -2.26. The molecular weight excluding hydrogens is 1370 g/mol. The van der Waals surface area contributed by atoms with E-state index in [0.717, 1.165) is 0 Å². The van der Waals surface area contributed by atoms with E-state index < -0.39 is 0 Å². The Morgan fingerprint density at radius 1 is 0.357 bits per heavy atom. The van der Waals surface area contributed by atoms with Gasteiger partial charge < -0.3 is 0 Å². The Morgan fingerprint density at radius 2 is 0.536 bits per heavy atom. The van der Waals surface area contributed by atoms with Gasteiger partial charge in [0.15, 0.2) is 0 Å². The summed E-state index contributed by atoms with van der Waals surface area (Å²) >= 11 is 22.2. The molecule has 0 aliphatic rings. The van der Waals surface area contributed by atoms with Gasteiger partial charge in [-0.05, 0) is 256 Å². The molecule has 0 aromatic heterocycles. The Bertz CT molecular complexity index is 869. The molecule has 0 atom stereocenters. The molecule has 0 N–H and O–H groups in total. The average Bonchev–Trinajstić information content (AvgIpc) is 2.51. The van der Waals surface area contributed by atoms with Crippen molar-refractivity contribution in [1.82, 2.24) is 0 Å². The summed E-state index contributed by atoms with van der Waals surface area (Å²) in [5, 5.41) is 0. The third kappa shape index (κ3) is 6.26. The number of hydrogen-bond acceptors (Lipinski definition) is 0. The summed E-state index contributed by atoms with van der Waals surface area (Å²) in [5.41, 5.74) is 3.99. The van der Waals surface area contributed by atoms with Crippen molar-refractivity contribution in [3.8, 4) is 0 Å². The van der Waals surface area contributed by atoms with Crippen LogP contribution in [0.3, 0.4) is 0 Å².